The van der Waals surface area contributed by atoms with Crippen LogP contribution in [-0.2, 0) is 11.3 Å². The number of aryl methyl sites for hydroxylation is 1. The molecule has 0 bridgehead atoms. The van der Waals surface area contributed by atoms with Gasteiger partial charge in [0.2, 0.25) is 5.91 Å². The lowest BCUT2D eigenvalue weighted by atomic mass is 10.1. The minimum Gasteiger partial charge on any atom is -0.326 e. The molecule has 3 amide bonds. The van der Waals surface area contributed by atoms with Gasteiger partial charge in [0.1, 0.15) is 0 Å². The van der Waals surface area contributed by atoms with Gasteiger partial charge in [-0.25, -0.2) is 0 Å². The number of thioether (sulfide) groups is 1. The Morgan fingerprint density at radius 2 is 1.71 bits per heavy atom. The molecule has 6 nitrogen and oxygen atoms in total. The Kier molecular flexibility index (Phi) is 6.73. The highest BCUT2D eigenvalue weighted by molar-refractivity contribution is 7.99. The molecule has 7 heteroatoms. The summed E-state index contributed by atoms with van der Waals surface area (Å²) in [7, 11) is 0. The molecular formula is C24H27N3O3S. The van der Waals surface area contributed by atoms with E-state index >= 15 is 0 Å². The Balaban J connectivity index is 1.26. The Labute approximate surface area is 187 Å². The van der Waals surface area contributed by atoms with E-state index in [-0.39, 0.29) is 30.7 Å². The van der Waals surface area contributed by atoms with E-state index in [4.69, 9.17) is 0 Å². The third-order valence-corrected chi connectivity index (χ3v) is 6.68. The Bertz CT molecular complexity index is 966. The molecule has 162 valence electrons. The summed E-state index contributed by atoms with van der Waals surface area (Å²) in [5.74, 6) is 1.71. The molecule has 1 saturated heterocycles. The molecule has 1 N–H and O–H groups in total. The zero-order valence-electron chi connectivity index (χ0n) is 17.7. The maximum atomic E-state index is 12.4. The standard InChI is InChI=1S/C24H27N3O3S/c1-17-15-18(16-26-11-13-31-14-12-26)8-9-21(17)25-22(28)7-4-10-27-23(29)19-5-2-3-6-20(19)24(27)30/h2-3,5-6,8-9,15H,4,7,10-14,16H2,1H3,(H,25,28). The number of imide groups is 1. The second-order valence-corrected chi connectivity index (χ2v) is 9.22. The third kappa shape index (κ3) is 4.99. The molecule has 0 spiro atoms. The Morgan fingerprint density at radius 1 is 1.03 bits per heavy atom. The van der Waals surface area contributed by atoms with Gasteiger partial charge in [0.25, 0.3) is 11.8 Å². The minimum atomic E-state index is -0.278. The minimum absolute atomic E-state index is 0.111. The molecule has 2 heterocycles. The maximum absolute atomic E-state index is 12.4. The lowest BCUT2D eigenvalue weighted by Gasteiger charge is -2.26. The van der Waals surface area contributed by atoms with Crippen molar-refractivity contribution in [2.75, 3.05) is 36.5 Å². The van der Waals surface area contributed by atoms with Gasteiger partial charge in [-0.05, 0) is 42.7 Å². The first kappa shape index (κ1) is 21.6. The lowest BCUT2D eigenvalue weighted by molar-refractivity contribution is -0.116. The number of benzene rings is 2. The molecule has 0 radical (unpaired) electrons. The fraction of sp³-hybridized carbons (Fsp3) is 0.375. The Morgan fingerprint density at radius 3 is 2.35 bits per heavy atom. The normalized spacial score (nSPS) is 16.5. The largest absolute Gasteiger partial charge is 0.326 e. The van der Waals surface area contributed by atoms with Crippen LogP contribution in [-0.4, -0.2) is 58.7 Å². The molecule has 0 unspecified atom stereocenters. The van der Waals surface area contributed by atoms with Crippen LogP contribution >= 0.6 is 11.8 Å². The topological polar surface area (TPSA) is 69.7 Å². The van der Waals surface area contributed by atoms with E-state index in [1.54, 1.807) is 24.3 Å². The zero-order chi connectivity index (χ0) is 21.8. The van der Waals surface area contributed by atoms with Gasteiger partial charge in [0.05, 0.1) is 11.1 Å². The fourth-order valence-electron chi connectivity index (χ4n) is 4.03. The molecule has 0 saturated carbocycles. The van der Waals surface area contributed by atoms with Crippen LogP contribution in [0.3, 0.4) is 0 Å². The highest BCUT2D eigenvalue weighted by Gasteiger charge is 2.34. The first-order valence-corrected chi connectivity index (χ1v) is 11.8. The van der Waals surface area contributed by atoms with E-state index in [0.29, 0.717) is 17.5 Å². The van der Waals surface area contributed by atoms with Gasteiger partial charge in [-0.2, -0.15) is 11.8 Å². The first-order valence-electron chi connectivity index (χ1n) is 10.7. The highest BCUT2D eigenvalue weighted by atomic mass is 32.2. The van der Waals surface area contributed by atoms with Crippen molar-refractivity contribution in [3.8, 4) is 0 Å². The molecule has 2 aliphatic rings. The lowest BCUT2D eigenvalue weighted by Crippen LogP contribution is -2.32. The van der Waals surface area contributed by atoms with Gasteiger partial charge in [-0.1, -0.05) is 24.3 Å². The summed E-state index contributed by atoms with van der Waals surface area (Å²) in [6, 6.07) is 13.0. The van der Waals surface area contributed by atoms with Gasteiger partial charge in [-0.15, -0.1) is 0 Å². The van der Waals surface area contributed by atoms with Crippen molar-refractivity contribution >= 4 is 35.2 Å². The monoisotopic (exact) mass is 437 g/mol. The SMILES string of the molecule is Cc1cc(CN2CCSCC2)ccc1NC(=O)CCCN1C(=O)c2ccccc2C1=O. The van der Waals surface area contributed by atoms with Gasteiger partial charge >= 0.3 is 0 Å². The number of fused-ring (bicyclic) bond motifs is 1. The van der Waals surface area contributed by atoms with Crippen molar-refractivity contribution in [2.45, 2.75) is 26.3 Å². The maximum Gasteiger partial charge on any atom is 0.261 e. The first-order chi connectivity index (χ1) is 15.0. The molecule has 31 heavy (non-hydrogen) atoms. The number of amides is 3. The smallest absolute Gasteiger partial charge is 0.261 e. The number of anilines is 1. The average Bonchev–Trinajstić information content (AvgIpc) is 3.01. The molecule has 1 fully saturated rings. The fourth-order valence-corrected chi connectivity index (χ4v) is 5.01. The van der Waals surface area contributed by atoms with Crippen molar-refractivity contribution in [2.24, 2.45) is 0 Å². The number of carbonyl (C=O) groups is 3. The molecule has 2 aromatic carbocycles. The van der Waals surface area contributed by atoms with Crippen molar-refractivity contribution in [1.29, 1.82) is 0 Å². The van der Waals surface area contributed by atoms with E-state index in [2.05, 4.69) is 22.3 Å². The van der Waals surface area contributed by atoms with Crippen LogP contribution in [0.4, 0.5) is 5.69 Å². The molecular weight excluding hydrogens is 410 g/mol. The quantitative estimate of drug-likeness (QED) is 0.671. The number of hydrogen-bond acceptors (Lipinski definition) is 5. The molecule has 2 aliphatic heterocycles. The number of hydrogen-bond donors (Lipinski definition) is 1. The van der Waals surface area contributed by atoms with Crippen LogP contribution < -0.4 is 5.32 Å². The average molecular weight is 438 g/mol. The van der Waals surface area contributed by atoms with Gasteiger partial charge in [-0.3, -0.25) is 24.2 Å². The van der Waals surface area contributed by atoms with Crippen LogP contribution in [0, 0.1) is 6.92 Å². The van der Waals surface area contributed by atoms with Gasteiger partial charge in [0.15, 0.2) is 0 Å². The summed E-state index contributed by atoms with van der Waals surface area (Å²) in [4.78, 5) is 40.9. The summed E-state index contributed by atoms with van der Waals surface area (Å²) < 4.78 is 0. The highest BCUT2D eigenvalue weighted by Crippen LogP contribution is 2.23. The predicted octanol–water partition coefficient (Wildman–Crippen LogP) is 3.56. The van der Waals surface area contributed by atoms with Crippen LogP contribution in [0.1, 0.15) is 44.7 Å². The summed E-state index contributed by atoms with van der Waals surface area (Å²) in [6.45, 7) is 5.43. The van der Waals surface area contributed by atoms with Crippen molar-refractivity contribution in [3.63, 3.8) is 0 Å². The van der Waals surface area contributed by atoms with Crippen LogP contribution in [0.25, 0.3) is 0 Å². The second-order valence-electron chi connectivity index (χ2n) is 8.00. The second kappa shape index (κ2) is 9.66. The zero-order valence-corrected chi connectivity index (χ0v) is 18.5. The van der Waals surface area contributed by atoms with Gasteiger partial charge in [0, 0.05) is 49.8 Å². The van der Waals surface area contributed by atoms with Crippen LogP contribution in [0.5, 0.6) is 0 Å². The third-order valence-electron chi connectivity index (χ3n) is 5.74. The van der Waals surface area contributed by atoms with Crippen molar-refractivity contribution in [1.82, 2.24) is 9.80 Å². The van der Waals surface area contributed by atoms with E-state index < -0.39 is 0 Å². The van der Waals surface area contributed by atoms with E-state index in [1.165, 1.54) is 22.0 Å². The number of rotatable bonds is 7. The summed E-state index contributed by atoms with van der Waals surface area (Å²) >= 11 is 2.00. The van der Waals surface area contributed by atoms with Crippen molar-refractivity contribution < 1.29 is 14.4 Å². The van der Waals surface area contributed by atoms with Crippen LogP contribution in [0.15, 0.2) is 42.5 Å². The van der Waals surface area contributed by atoms with E-state index in [9.17, 15) is 14.4 Å². The van der Waals surface area contributed by atoms with Gasteiger partial charge < -0.3 is 5.32 Å². The number of carbonyl (C=O) groups excluding carboxylic acids is 3. The molecule has 0 aliphatic carbocycles. The number of nitrogens with one attached hydrogen (secondary N) is 1. The summed E-state index contributed by atoms with van der Waals surface area (Å²) in [5, 5.41) is 2.96. The predicted molar refractivity (Wildman–Crippen MR) is 123 cm³/mol. The van der Waals surface area contributed by atoms with E-state index in [1.807, 2.05) is 24.8 Å². The van der Waals surface area contributed by atoms with Crippen LogP contribution in [0.2, 0.25) is 0 Å². The van der Waals surface area contributed by atoms with Crippen molar-refractivity contribution in [3.05, 3.63) is 64.7 Å². The summed E-state index contributed by atoms with van der Waals surface area (Å²) in [6.07, 6.45) is 0.682. The number of nitrogens with zero attached hydrogens (tertiary/aromatic N) is 2. The Hall–Kier alpha value is -2.64. The summed E-state index contributed by atoms with van der Waals surface area (Å²) in [5.41, 5.74) is 3.99. The molecule has 0 atom stereocenters. The molecule has 2 aromatic rings. The molecule has 0 aromatic heterocycles. The van der Waals surface area contributed by atoms with E-state index in [0.717, 1.165) is 30.9 Å². The molecule has 4 rings (SSSR count).